The van der Waals surface area contributed by atoms with E-state index in [1.165, 1.54) is 20.9 Å². The number of hydrogen-bond acceptors (Lipinski definition) is 4. The molecule has 0 aliphatic carbocycles. The van der Waals surface area contributed by atoms with Crippen LogP contribution in [0.3, 0.4) is 0 Å². The molecular weight excluding hydrogens is 260 g/mol. The summed E-state index contributed by atoms with van der Waals surface area (Å²) in [5, 5.41) is 2.11. The molecule has 4 heteroatoms. The van der Waals surface area contributed by atoms with E-state index in [1.807, 2.05) is 11.8 Å². The average molecular weight is 278 g/mol. The third-order valence-electron chi connectivity index (χ3n) is 2.86. The van der Waals surface area contributed by atoms with Crippen molar-refractivity contribution in [2.45, 2.75) is 24.8 Å². The number of hydrazine groups is 1. The van der Waals surface area contributed by atoms with E-state index >= 15 is 0 Å². The fraction of sp³-hybridized carbons (Fsp3) is 0.286. The summed E-state index contributed by atoms with van der Waals surface area (Å²) in [7, 11) is 0. The number of rotatable bonds is 5. The lowest BCUT2D eigenvalue weighted by atomic mass is 10.0. The Hall–Kier alpha value is -0.810. The van der Waals surface area contributed by atoms with Gasteiger partial charge in [0.2, 0.25) is 0 Å². The summed E-state index contributed by atoms with van der Waals surface area (Å²) in [6.45, 7) is 4.29. The first kappa shape index (κ1) is 13.6. The van der Waals surface area contributed by atoms with Crippen LogP contribution < -0.4 is 11.3 Å². The zero-order valence-corrected chi connectivity index (χ0v) is 12.3. The Bertz CT molecular complexity index is 491. The second-order valence-corrected chi connectivity index (χ2v) is 6.35. The van der Waals surface area contributed by atoms with Crippen LogP contribution in [-0.2, 0) is 0 Å². The van der Waals surface area contributed by atoms with E-state index in [0.717, 1.165) is 5.75 Å². The van der Waals surface area contributed by atoms with Crippen LogP contribution in [0.25, 0.3) is 0 Å². The molecule has 1 aromatic carbocycles. The van der Waals surface area contributed by atoms with Gasteiger partial charge in [-0.05, 0) is 47.4 Å². The lowest BCUT2D eigenvalue weighted by Gasteiger charge is -2.16. The summed E-state index contributed by atoms with van der Waals surface area (Å²) in [6.07, 6.45) is 0. The molecular formula is C14H18N2S2. The second-order valence-electron chi connectivity index (χ2n) is 4.07. The standard InChI is InChI=1S/C14H18N2S2/c1-3-17-12-6-4-11(5-7-12)13(16-15)14-10(2)8-9-18-14/h4-9,13,16H,3,15H2,1-2H3. The molecule has 3 N–H and O–H groups in total. The van der Waals surface area contributed by atoms with Gasteiger partial charge in [0.15, 0.2) is 0 Å². The lowest BCUT2D eigenvalue weighted by molar-refractivity contribution is 0.643. The summed E-state index contributed by atoms with van der Waals surface area (Å²) in [4.78, 5) is 2.59. The Labute approximate surface area is 117 Å². The number of benzene rings is 1. The maximum atomic E-state index is 5.71. The molecule has 18 heavy (non-hydrogen) atoms. The summed E-state index contributed by atoms with van der Waals surface area (Å²) < 4.78 is 0. The van der Waals surface area contributed by atoms with E-state index in [4.69, 9.17) is 5.84 Å². The highest BCUT2D eigenvalue weighted by Gasteiger charge is 2.15. The summed E-state index contributed by atoms with van der Waals surface area (Å²) in [5.41, 5.74) is 5.42. The number of aryl methyl sites for hydroxylation is 1. The predicted molar refractivity (Wildman–Crippen MR) is 81.1 cm³/mol. The maximum Gasteiger partial charge on any atom is 0.0805 e. The van der Waals surface area contributed by atoms with Gasteiger partial charge >= 0.3 is 0 Å². The van der Waals surface area contributed by atoms with Crippen LogP contribution in [0.4, 0.5) is 0 Å². The summed E-state index contributed by atoms with van der Waals surface area (Å²) >= 11 is 3.60. The van der Waals surface area contributed by atoms with Crippen molar-refractivity contribution in [1.29, 1.82) is 0 Å². The monoisotopic (exact) mass is 278 g/mol. The minimum atomic E-state index is 0.0886. The first-order valence-electron chi connectivity index (χ1n) is 5.99. The van der Waals surface area contributed by atoms with Crippen LogP contribution in [0.2, 0.25) is 0 Å². The molecule has 0 saturated carbocycles. The van der Waals surface area contributed by atoms with Gasteiger partial charge in [-0.15, -0.1) is 23.1 Å². The van der Waals surface area contributed by atoms with E-state index in [9.17, 15) is 0 Å². The molecule has 1 aromatic heterocycles. The van der Waals surface area contributed by atoms with Crippen LogP contribution in [0, 0.1) is 6.92 Å². The van der Waals surface area contributed by atoms with Gasteiger partial charge in [-0.25, -0.2) is 5.43 Å². The largest absolute Gasteiger partial charge is 0.271 e. The van der Waals surface area contributed by atoms with Crippen molar-refractivity contribution in [1.82, 2.24) is 5.43 Å². The molecule has 0 fully saturated rings. The minimum Gasteiger partial charge on any atom is -0.271 e. The first-order chi connectivity index (χ1) is 8.76. The Kier molecular flexibility index (Phi) is 4.83. The van der Waals surface area contributed by atoms with Gasteiger partial charge in [0.1, 0.15) is 0 Å². The molecule has 0 radical (unpaired) electrons. The fourth-order valence-electron chi connectivity index (χ4n) is 1.93. The average Bonchev–Trinajstić information content (AvgIpc) is 2.79. The van der Waals surface area contributed by atoms with Gasteiger partial charge in [-0.3, -0.25) is 5.84 Å². The van der Waals surface area contributed by atoms with Gasteiger partial charge in [-0.1, -0.05) is 19.1 Å². The van der Waals surface area contributed by atoms with Gasteiger partial charge in [-0.2, -0.15) is 0 Å². The molecule has 0 amide bonds. The van der Waals surface area contributed by atoms with Crippen LogP contribution in [-0.4, -0.2) is 5.75 Å². The highest BCUT2D eigenvalue weighted by atomic mass is 32.2. The van der Waals surface area contributed by atoms with E-state index in [-0.39, 0.29) is 6.04 Å². The van der Waals surface area contributed by atoms with Crippen molar-refractivity contribution >= 4 is 23.1 Å². The van der Waals surface area contributed by atoms with E-state index < -0.39 is 0 Å². The summed E-state index contributed by atoms with van der Waals surface area (Å²) in [5.74, 6) is 6.81. The fourth-order valence-corrected chi connectivity index (χ4v) is 3.60. The van der Waals surface area contributed by atoms with Gasteiger partial charge in [0, 0.05) is 9.77 Å². The zero-order valence-electron chi connectivity index (χ0n) is 10.6. The molecule has 1 heterocycles. The molecule has 2 aromatic rings. The Morgan fingerprint density at radius 3 is 2.50 bits per heavy atom. The molecule has 1 unspecified atom stereocenters. The van der Waals surface area contributed by atoms with Crippen LogP contribution >= 0.6 is 23.1 Å². The SMILES string of the molecule is CCSc1ccc(C(NN)c2sccc2C)cc1. The van der Waals surface area contributed by atoms with Gasteiger partial charge < -0.3 is 0 Å². The molecule has 0 aliphatic heterocycles. The zero-order chi connectivity index (χ0) is 13.0. The lowest BCUT2D eigenvalue weighted by Crippen LogP contribution is -2.28. The normalized spacial score (nSPS) is 12.6. The number of hydrogen-bond donors (Lipinski definition) is 2. The second kappa shape index (κ2) is 6.38. The van der Waals surface area contributed by atoms with E-state index in [0.29, 0.717) is 0 Å². The van der Waals surface area contributed by atoms with Gasteiger partial charge in [0.05, 0.1) is 6.04 Å². The number of thiophene rings is 1. The molecule has 0 bridgehead atoms. The summed E-state index contributed by atoms with van der Waals surface area (Å²) in [6, 6.07) is 10.9. The maximum absolute atomic E-state index is 5.71. The Balaban J connectivity index is 2.25. The molecule has 2 nitrogen and oxygen atoms in total. The Morgan fingerprint density at radius 1 is 1.28 bits per heavy atom. The topological polar surface area (TPSA) is 38.0 Å². The molecule has 1 atom stereocenters. The smallest absolute Gasteiger partial charge is 0.0805 e. The van der Waals surface area contributed by atoms with Gasteiger partial charge in [0.25, 0.3) is 0 Å². The van der Waals surface area contributed by atoms with Crippen LogP contribution in [0.5, 0.6) is 0 Å². The number of nitrogens with two attached hydrogens (primary N) is 1. The Morgan fingerprint density at radius 2 is 2.00 bits per heavy atom. The van der Waals surface area contributed by atoms with Crippen molar-refractivity contribution in [3.05, 3.63) is 51.7 Å². The minimum absolute atomic E-state index is 0.0886. The molecule has 96 valence electrons. The van der Waals surface area contributed by atoms with Crippen molar-refractivity contribution in [2.75, 3.05) is 5.75 Å². The van der Waals surface area contributed by atoms with E-state index in [2.05, 4.69) is 55.0 Å². The molecule has 0 saturated heterocycles. The third-order valence-corrected chi connectivity index (χ3v) is 4.83. The van der Waals surface area contributed by atoms with Crippen molar-refractivity contribution in [3.63, 3.8) is 0 Å². The molecule has 0 aliphatic rings. The molecule has 2 rings (SSSR count). The third kappa shape index (κ3) is 2.95. The van der Waals surface area contributed by atoms with Crippen molar-refractivity contribution in [2.24, 2.45) is 5.84 Å². The van der Waals surface area contributed by atoms with E-state index in [1.54, 1.807) is 11.3 Å². The quantitative estimate of drug-likeness (QED) is 0.497. The predicted octanol–water partition coefficient (Wildman–Crippen LogP) is 3.72. The number of nitrogens with one attached hydrogen (secondary N) is 1. The highest BCUT2D eigenvalue weighted by Crippen LogP contribution is 2.30. The van der Waals surface area contributed by atoms with Crippen LogP contribution in [0.15, 0.2) is 40.6 Å². The van der Waals surface area contributed by atoms with Crippen LogP contribution in [0.1, 0.15) is 29.0 Å². The number of thioether (sulfide) groups is 1. The van der Waals surface area contributed by atoms with Crippen molar-refractivity contribution < 1.29 is 0 Å². The van der Waals surface area contributed by atoms with Crippen molar-refractivity contribution in [3.8, 4) is 0 Å². The first-order valence-corrected chi connectivity index (χ1v) is 7.85. The highest BCUT2D eigenvalue weighted by molar-refractivity contribution is 7.99. The molecule has 0 spiro atoms.